The maximum atomic E-state index is 12.4. The van der Waals surface area contributed by atoms with Gasteiger partial charge in [0.1, 0.15) is 0 Å². The summed E-state index contributed by atoms with van der Waals surface area (Å²) in [6, 6.07) is 13.8. The van der Waals surface area contributed by atoms with Gasteiger partial charge in [0.2, 0.25) is 0 Å². The summed E-state index contributed by atoms with van der Waals surface area (Å²) < 4.78 is 2.16. The van der Waals surface area contributed by atoms with Crippen LogP contribution in [0.3, 0.4) is 0 Å². The number of halogens is 1. The smallest absolute Gasteiger partial charge is 0.253 e. The Morgan fingerprint density at radius 3 is 2.77 bits per heavy atom. The Labute approximate surface area is 161 Å². The van der Waals surface area contributed by atoms with Gasteiger partial charge in [-0.3, -0.25) is 9.48 Å². The molecule has 1 N–H and O–H groups in total. The van der Waals surface area contributed by atoms with Crippen LogP contribution >= 0.6 is 22.9 Å². The highest BCUT2D eigenvalue weighted by Crippen LogP contribution is 2.35. The normalized spacial score (nSPS) is 14.7. The van der Waals surface area contributed by atoms with Crippen molar-refractivity contribution in [2.24, 2.45) is 0 Å². The molecule has 134 valence electrons. The van der Waals surface area contributed by atoms with Crippen molar-refractivity contribution < 1.29 is 4.79 Å². The van der Waals surface area contributed by atoms with Crippen LogP contribution in [0.2, 0.25) is 5.02 Å². The lowest BCUT2D eigenvalue weighted by Crippen LogP contribution is -2.23. The van der Waals surface area contributed by atoms with Crippen LogP contribution in [-0.2, 0) is 6.54 Å². The average Bonchev–Trinajstić information content (AvgIpc) is 3.40. The second-order valence-corrected chi connectivity index (χ2v) is 7.90. The molecule has 4 nitrogen and oxygen atoms in total. The summed E-state index contributed by atoms with van der Waals surface area (Å²) in [5.74, 6) is -0.177. The van der Waals surface area contributed by atoms with Crippen LogP contribution in [0.25, 0.3) is 10.6 Å². The fourth-order valence-corrected chi connectivity index (χ4v) is 4.43. The van der Waals surface area contributed by atoms with E-state index in [9.17, 15) is 4.79 Å². The highest BCUT2D eigenvalue weighted by Gasteiger charge is 2.22. The SMILES string of the molecule is O=C(NCc1cc(-c2cccs2)n(C2CCCC2)n1)c1ccccc1Cl. The molecule has 1 amide bonds. The zero-order chi connectivity index (χ0) is 17.9. The third kappa shape index (κ3) is 3.55. The molecular formula is C20H20ClN3OS. The number of thiophene rings is 1. The zero-order valence-corrected chi connectivity index (χ0v) is 15.9. The van der Waals surface area contributed by atoms with Crippen molar-refractivity contribution in [1.29, 1.82) is 0 Å². The Hall–Kier alpha value is -2.11. The molecule has 2 heterocycles. The summed E-state index contributed by atoms with van der Waals surface area (Å²) >= 11 is 7.82. The molecule has 0 aliphatic heterocycles. The number of hydrogen-bond donors (Lipinski definition) is 1. The molecule has 1 aliphatic carbocycles. The van der Waals surface area contributed by atoms with E-state index in [2.05, 4.69) is 33.6 Å². The molecule has 6 heteroatoms. The van der Waals surface area contributed by atoms with E-state index in [-0.39, 0.29) is 5.91 Å². The van der Waals surface area contributed by atoms with E-state index in [1.807, 2.05) is 12.1 Å². The van der Waals surface area contributed by atoms with Crippen LogP contribution in [0.15, 0.2) is 47.8 Å². The summed E-state index contributed by atoms with van der Waals surface area (Å²) in [7, 11) is 0. The minimum absolute atomic E-state index is 0.177. The quantitative estimate of drug-likeness (QED) is 0.646. The van der Waals surface area contributed by atoms with Crippen molar-refractivity contribution in [2.45, 2.75) is 38.3 Å². The molecule has 1 aliphatic rings. The first-order valence-electron chi connectivity index (χ1n) is 8.87. The standard InChI is InChI=1S/C20H20ClN3OS/c21-17-9-4-3-8-16(17)20(25)22-13-14-12-18(19-10-5-11-26-19)24(23-14)15-6-1-2-7-15/h3-5,8-12,15H,1-2,6-7,13H2,(H,22,25). The van der Waals surface area contributed by atoms with Crippen LogP contribution in [0.4, 0.5) is 0 Å². The fraction of sp³-hybridized carbons (Fsp3) is 0.300. The number of amides is 1. The molecular weight excluding hydrogens is 366 g/mol. The second-order valence-electron chi connectivity index (χ2n) is 6.54. The number of carbonyl (C=O) groups excluding carboxylic acids is 1. The van der Waals surface area contributed by atoms with Crippen molar-refractivity contribution in [3.8, 4) is 10.6 Å². The number of nitrogens with one attached hydrogen (secondary N) is 1. The Morgan fingerprint density at radius 2 is 2.04 bits per heavy atom. The van der Waals surface area contributed by atoms with E-state index in [0.717, 1.165) is 11.4 Å². The Morgan fingerprint density at radius 1 is 1.23 bits per heavy atom. The lowest BCUT2D eigenvalue weighted by Gasteiger charge is -2.13. The van der Waals surface area contributed by atoms with Gasteiger partial charge in [0, 0.05) is 0 Å². The predicted octanol–water partition coefficient (Wildman–Crippen LogP) is 5.31. The molecule has 0 unspecified atom stereocenters. The van der Waals surface area contributed by atoms with Crippen LogP contribution in [-0.4, -0.2) is 15.7 Å². The van der Waals surface area contributed by atoms with Crippen molar-refractivity contribution >= 4 is 28.8 Å². The van der Waals surface area contributed by atoms with Gasteiger partial charge in [0.25, 0.3) is 5.91 Å². The van der Waals surface area contributed by atoms with Gasteiger partial charge in [-0.05, 0) is 42.5 Å². The number of hydrogen-bond acceptors (Lipinski definition) is 3. The lowest BCUT2D eigenvalue weighted by molar-refractivity contribution is 0.0950. The molecule has 1 fully saturated rings. The maximum absolute atomic E-state index is 12.4. The molecule has 4 rings (SSSR count). The van der Waals surface area contributed by atoms with E-state index in [1.165, 1.54) is 30.6 Å². The molecule has 3 aromatic rings. The summed E-state index contributed by atoms with van der Waals surface area (Å²) in [6.07, 6.45) is 4.86. The van der Waals surface area contributed by atoms with Gasteiger partial charge in [-0.2, -0.15) is 5.10 Å². The van der Waals surface area contributed by atoms with E-state index in [1.54, 1.807) is 23.5 Å². The second kappa shape index (κ2) is 7.64. The van der Waals surface area contributed by atoms with Gasteiger partial charge in [0.05, 0.1) is 39.4 Å². The number of nitrogens with zero attached hydrogens (tertiary/aromatic N) is 2. The molecule has 1 saturated carbocycles. The van der Waals surface area contributed by atoms with E-state index < -0.39 is 0 Å². The molecule has 0 atom stereocenters. The van der Waals surface area contributed by atoms with Crippen molar-refractivity contribution in [3.05, 3.63) is 64.1 Å². The highest BCUT2D eigenvalue weighted by molar-refractivity contribution is 7.13. The topological polar surface area (TPSA) is 46.9 Å². The number of benzene rings is 1. The first-order valence-corrected chi connectivity index (χ1v) is 10.1. The molecule has 1 aromatic carbocycles. The number of rotatable bonds is 5. The third-order valence-corrected chi connectivity index (χ3v) is 6.00. The number of carbonyl (C=O) groups is 1. The van der Waals surface area contributed by atoms with Gasteiger partial charge < -0.3 is 5.32 Å². The Balaban J connectivity index is 1.54. The zero-order valence-electron chi connectivity index (χ0n) is 14.3. The fourth-order valence-electron chi connectivity index (χ4n) is 3.48. The first kappa shape index (κ1) is 17.3. The van der Waals surface area contributed by atoms with Crippen molar-refractivity contribution in [2.75, 3.05) is 0 Å². The lowest BCUT2D eigenvalue weighted by atomic mass is 10.2. The van der Waals surface area contributed by atoms with Crippen LogP contribution in [0, 0.1) is 0 Å². The molecule has 2 aromatic heterocycles. The van der Waals surface area contributed by atoms with Gasteiger partial charge in [-0.15, -0.1) is 11.3 Å². The van der Waals surface area contributed by atoms with Crippen LogP contribution < -0.4 is 5.32 Å². The van der Waals surface area contributed by atoms with E-state index >= 15 is 0 Å². The Kier molecular flexibility index (Phi) is 5.09. The third-order valence-electron chi connectivity index (χ3n) is 4.78. The van der Waals surface area contributed by atoms with Gasteiger partial charge in [-0.25, -0.2) is 0 Å². The molecule has 0 spiro atoms. The summed E-state index contributed by atoms with van der Waals surface area (Å²) in [4.78, 5) is 13.6. The van der Waals surface area contributed by atoms with E-state index in [4.69, 9.17) is 16.7 Å². The van der Waals surface area contributed by atoms with Crippen LogP contribution in [0.1, 0.15) is 47.8 Å². The molecule has 0 bridgehead atoms. The first-order chi connectivity index (χ1) is 12.7. The molecule has 26 heavy (non-hydrogen) atoms. The van der Waals surface area contributed by atoms with Gasteiger partial charge in [0.15, 0.2) is 0 Å². The largest absolute Gasteiger partial charge is 0.346 e. The summed E-state index contributed by atoms with van der Waals surface area (Å²) in [5.41, 5.74) is 2.51. The summed E-state index contributed by atoms with van der Waals surface area (Å²) in [5, 5.41) is 10.3. The molecule has 0 radical (unpaired) electrons. The predicted molar refractivity (Wildman–Crippen MR) is 106 cm³/mol. The van der Waals surface area contributed by atoms with E-state index in [0.29, 0.717) is 23.2 Å². The monoisotopic (exact) mass is 385 g/mol. The van der Waals surface area contributed by atoms with Gasteiger partial charge >= 0.3 is 0 Å². The summed E-state index contributed by atoms with van der Waals surface area (Å²) in [6.45, 7) is 0.391. The van der Waals surface area contributed by atoms with Crippen molar-refractivity contribution in [3.63, 3.8) is 0 Å². The maximum Gasteiger partial charge on any atom is 0.253 e. The minimum Gasteiger partial charge on any atom is -0.346 e. The van der Waals surface area contributed by atoms with Crippen LogP contribution in [0.5, 0.6) is 0 Å². The highest BCUT2D eigenvalue weighted by atomic mass is 35.5. The van der Waals surface area contributed by atoms with Crippen molar-refractivity contribution in [1.82, 2.24) is 15.1 Å². The Bertz CT molecular complexity index is 898. The minimum atomic E-state index is -0.177. The number of aromatic nitrogens is 2. The molecule has 0 saturated heterocycles. The average molecular weight is 386 g/mol. The van der Waals surface area contributed by atoms with Gasteiger partial charge in [-0.1, -0.05) is 42.6 Å².